The van der Waals surface area contributed by atoms with Crippen molar-refractivity contribution in [1.82, 2.24) is 0 Å². The van der Waals surface area contributed by atoms with Crippen molar-refractivity contribution in [2.24, 2.45) is 0 Å². The maximum atomic E-state index is 12.3. The van der Waals surface area contributed by atoms with Gasteiger partial charge in [-0.3, -0.25) is 4.72 Å². The molecule has 0 bridgehead atoms. The zero-order chi connectivity index (χ0) is 15.8. The third kappa shape index (κ3) is 3.78. The van der Waals surface area contributed by atoms with Crippen LogP contribution in [0.1, 0.15) is 10.4 Å². The van der Waals surface area contributed by atoms with E-state index >= 15 is 0 Å². The first-order valence-electron chi connectivity index (χ1n) is 5.21. The first kappa shape index (κ1) is 16.8. The molecule has 0 spiro atoms. The molecular weight excluding hydrogens is 470 g/mol. The number of thiophene rings is 1. The number of carboxylic acids is 1. The van der Waals surface area contributed by atoms with E-state index in [4.69, 9.17) is 16.7 Å². The van der Waals surface area contributed by atoms with Crippen molar-refractivity contribution in [3.63, 3.8) is 0 Å². The van der Waals surface area contributed by atoms with Gasteiger partial charge in [-0.25, -0.2) is 13.2 Å². The Labute approximate surface area is 146 Å². The van der Waals surface area contributed by atoms with Crippen LogP contribution < -0.4 is 4.72 Å². The molecule has 2 N–H and O–H groups in total. The molecule has 0 amide bonds. The molecule has 0 saturated heterocycles. The Balaban J connectivity index is 2.48. The predicted molar refractivity (Wildman–Crippen MR) is 88.9 cm³/mol. The lowest BCUT2D eigenvalue weighted by molar-refractivity contribution is 0.0698. The van der Waals surface area contributed by atoms with Gasteiger partial charge in [0, 0.05) is 5.02 Å². The average molecular weight is 476 g/mol. The first-order valence-corrected chi connectivity index (χ1v) is 9.47. The van der Waals surface area contributed by atoms with Crippen LogP contribution in [0.5, 0.6) is 0 Å². The van der Waals surface area contributed by atoms with E-state index in [0.29, 0.717) is 7.57 Å². The van der Waals surface area contributed by atoms with Gasteiger partial charge in [-0.2, -0.15) is 0 Å². The van der Waals surface area contributed by atoms with Gasteiger partial charge in [0.05, 0.1) is 18.8 Å². The molecule has 1 aromatic heterocycles. The lowest BCUT2D eigenvalue weighted by Crippen LogP contribution is -2.15. The van der Waals surface area contributed by atoms with E-state index in [2.05, 4.69) is 36.6 Å². The number of sulfonamides is 1. The minimum absolute atomic E-state index is 0.00990. The maximum absolute atomic E-state index is 12.3. The van der Waals surface area contributed by atoms with Crippen molar-refractivity contribution in [1.29, 1.82) is 0 Å². The molecule has 0 saturated carbocycles. The van der Waals surface area contributed by atoms with E-state index < -0.39 is 16.0 Å². The zero-order valence-corrected chi connectivity index (χ0v) is 15.5. The number of benzene rings is 1. The van der Waals surface area contributed by atoms with Crippen LogP contribution in [-0.4, -0.2) is 19.5 Å². The highest BCUT2D eigenvalue weighted by Gasteiger charge is 2.23. The standard InChI is InChI=1S/C11H6Br2ClNO4S2/c12-9-4-8(10(13)20-9)21(18,19)15-7-3-5(14)1-2-6(7)11(16)17/h1-4,15H,(H,16,17). The van der Waals surface area contributed by atoms with Crippen LogP contribution in [0, 0.1) is 0 Å². The topological polar surface area (TPSA) is 83.5 Å². The fourth-order valence-electron chi connectivity index (χ4n) is 1.50. The third-order valence-corrected chi connectivity index (χ3v) is 6.73. The lowest BCUT2D eigenvalue weighted by Gasteiger charge is -2.10. The summed E-state index contributed by atoms with van der Waals surface area (Å²) in [6.45, 7) is 0. The van der Waals surface area contributed by atoms with Crippen molar-refractivity contribution in [2.45, 2.75) is 4.90 Å². The number of rotatable bonds is 4. The van der Waals surface area contributed by atoms with Crippen LogP contribution in [0.3, 0.4) is 0 Å². The Kier molecular flexibility index (Phi) is 4.99. The molecule has 1 aromatic carbocycles. The van der Waals surface area contributed by atoms with Gasteiger partial charge in [-0.1, -0.05) is 11.6 Å². The minimum atomic E-state index is -3.93. The Morgan fingerprint density at radius 3 is 2.48 bits per heavy atom. The molecule has 2 aromatic rings. The smallest absolute Gasteiger partial charge is 0.337 e. The summed E-state index contributed by atoms with van der Waals surface area (Å²) in [5, 5.41) is 9.32. The van der Waals surface area contributed by atoms with E-state index in [1.165, 1.54) is 35.6 Å². The molecule has 112 valence electrons. The van der Waals surface area contributed by atoms with Crippen LogP contribution in [0.25, 0.3) is 0 Å². The quantitative estimate of drug-likeness (QED) is 0.686. The summed E-state index contributed by atoms with van der Waals surface area (Å²) in [6.07, 6.45) is 0. The number of anilines is 1. The number of nitrogens with one attached hydrogen (secondary N) is 1. The molecule has 0 unspecified atom stereocenters. The molecule has 10 heteroatoms. The third-order valence-electron chi connectivity index (χ3n) is 2.37. The summed E-state index contributed by atoms with van der Waals surface area (Å²) in [7, 11) is -3.93. The van der Waals surface area contributed by atoms with Gasteiger partial charge in [0.25, 0.3) is 10.0 Å². The van der Waals surface area contributed by atoms with Crippen molar-refractivity contribution in [3.05, 3.63) is 42.4 Å². The maximum Gasteiger partial charge on any atom is 0.337 e. The fourth-order valence-corrected chi connectivity index (χ4v) is 6.55. The molecule has 0 fully saturated rings. The van der Waals surface area contributed by atoms with Crippen molar-refractivity contribution in [2.75, 3.05) is 4.72 Å². The van der Waals surface area contributed by atoms with Crippen molar-refractivity contribution < 1.29 is 18.3 Å². The Bertz CT molecular complexity index is 820. The normalized spacial score (nSPS) is 11.4. The SMILES string of the molecule is O=C(O)c1ccc(Cl)cc1NS(=O)(=O)c1cc(Br)sc1Br. The number of hydrogen-bond acceptors (Lipinski definition) is 4. The fraction of sp³-hybridized carbons (Fsp3) is 0. The summed E-state index contributed by atoms with van der Waals surface area (Å²) in [5.41, 5.74) is -0.280. The summed E-state index contributed by atoms with van der Waals surface area (Å²) < 4.78 is 27.9. The second kappa shape index (κ2) is 6.25. The number of carboxylic acid groups (broad SMARTS) is 1. The van der Waals surface area contributed by atoms with Gasteiger partial charge < -0.3 is 5.11 Å². The zero-order valence-electron chi connectivity index (χ0n) is 9.93. The second-order valence-electron chi connectivity index (χ2n) is 3.79. The highest BCUT2D eigenvalue weighted by Crippen LogP contribution is 2.36. The van der Waals surface area contributed by atoms with Gasteiger partial charge in [0.15, 0.2) is 0 Å². The Morgan fingerprint density at radius 2 is 1.95 bits per heavy atom. The van der Waals surface area contributed by atoms with Crippen LogP contribution >= 0.6 is 54.8 Å². The van der Waals surface area contributed by atoms with Gasteiger partial charge >= 0.3 is 5.97 Å². The Hall–Kier alpha value is -0.610. The molecule has 0 aliphatic heterocycles. The largest absolute Gasteiger partial charge is 0.478 e. The molecule has 0 radical (unpaired) electrons. The van der Waals surface area contributed by atoms with Gasteiger partial charge in [0.1, 0.15) is 4.90 Å². The highest BCUT2D eigenvalue weighted by molar-refractivity contribution is 9.12. The van der Waals surface area contributed by atoms with Crippen LogP contribution in [0.15, 0.2) is 36.7 Å². The summed E-state index contributed by atoms with van der Waals surface area (Å²) in [4.78, 5) is 11.1. The monoisotopic (exact) mass is 473 g/mol. The predicted octanol–water partition coefficient (Wildman–Crippen LogP) is 4.43. The van der Waals surface area contributed by atoms with Gasteiger partial charge in [0.2, 0.25) is 0 Å². The van der Waals surface area contributed by atoms with E-state index in [-0.39, 0.29) is 21.2 Å². The average Bonchev–Trinajstić information content (AvgIpc) is 2.68. The minimum Gasteiger partial charge on any atom is -0.478 e. The van der Waals surface area contributed by atoms with E-state index in [1.807, 2.05) is 0 Å². The molecule has 2 rings (SSSR count). The van der Waals surface area contributed by atoms with Crippen LogP contribution in [0.4, 0.5) is 5.69 Å². The molecular formula is C11H6Br2ClNO4S2. The molecule has 0 aliphatic carbocycles. The molecule has 5 nitrogen and oxygen atoms in total. The number of aromatic carboxylic acids is 1. The van der Waals surface area contributed by atoms with Crippen molar-refractivity contribution in [3.8, 4) is 0 Å². The van der Waals surface area contributed by atoms with E-state index in [0.717, 1.165) is 0 Å². The summed E-state index contributed by atoms with van der Waals surface area (Å²) in [6, 6.07) is 5.28. The van der Waals surface area contributed by atoms with Crippen molar-refractivity contribution >= 4 is 76.5 Å². The van der Waals surface area contributed by atoms with E-state index in [1.54, 1.807) is 0 Å². The van der Waals surface area contributed by atoms with E-state index in [9.17, 15) is 13.2 Å². The highest BCUT2D eigenvalue weighted by atomic mass is 79.9. The number of carbonyl (C=O) groups is 1. The van der Waals surface area contributed by atoms with Gasteiger partial charge in [-0.05, 0) is 56.1 Å². The van der Waals surface area contributed by atoms with Crippen LogP contribution in [-0.2, 0) is 10.0 Å². The lowest BCUT2D eigenvalue weighted by atomic mass is 10.2. The number of hydrogen-bond donors (Lipinski definition) is 2. The second-order valence-corrected chi connectivity index (χ2v) is 9.63. The number of halogens is 3. The summed E-state index contributed by atoms with van der Waals surface area (Å²) in [5.74, 6) is -1.25. The molecule has 1 heterocycles. The molecule has 0 atom stereocenters. The van der Waals surface area contributed by atoms with Crippen LogP contribution in [0.2, 0.25) is 5.02 Å². The molecule has 21 heavy (non-hydrogen) atoms. The Morgan fingerprint density at radius 1 is 1.29 bits per heavy atom. The molecule has 0 aliphatic rings. The summed E-state index contributed by atoms with van der Waals surface area (Å²) >= 11 is 13.3. The van der Waals surface area contributed by atoms with Gasteiger partial charge in [-0.15, -0.1) is 11.3 Å². The first-order chi connectivity index (χ1) is 9.70.